The Bertz CT molecular complexity index is 703. The molecule has 6 nitrogen and oxygen atoms in total. The molecule has 24 heavy (non-hydrogen) atoms. The average molecular weight is 345 g/mol. The number of nitrogens with zero attached hydrogens (tertiary/aromatic N) is 4. The van der Waals surface area contributed by atoms with Crippen LogP contribution in [-0.2, 0) is 11.3 Å². The third-order valence-electron chi connectivity index (χ3n) is 4.16. The van der Waals surface area contributed by atoms with Gasteiger partial charge in [-0.3, -0.25) is 0 Å². The van der Waals surface area contributed by atoms with Crippen LogP contribution in [0, 0.1) is 13.8 Å². The van der Waals surface area contributed by atoms with Crippen molar-refractivity contribution in [1.82, 2.24) is 15.0 Å². The van der Waals surface area contributed by atoms with Crippen LogP contribution in [0.5, 0.6) is 0 Å². The van der Waals surface area contributed by atoms with Crippen molar-refractivity contribution >= 4 is 23.4 Å². The van der Waals surface area contributed by atoms with E-state index in [-0.39, 0.29) is 0 Å². The SMILES string of the molecule is CSc1nc(C)c(C)c(NCc2ccnc(N3CCOCC3)c2)n1. The molecule has 0 spiro atoms. The first-order chi connectivity index (χ1) is 11.7. The lowest BCUT2D eigenvalue weighted by Crippen LogP contribution is -2.36. The molecule has 0 amide bonds. The number of morpholine rings is 1. The second-order valence-corrected chi connectivity index (χ2v) is 6.52. The lowest BCUT2D eigenvalue weighted by atomic mass is 10.2. The summed E-state index contributed by atoms with van der Waals surface area (Å²) in [7, 11) is 0. The molecule has 0 bridgehead atoms. The van der Waals surface area contributed by atoms with Gasteiger partial charge >= 0.3 is 0 Å². The van der Waals surface area contributed by atoms with Gasteiger partial charge < -0.3 is 15.0 Å². The number of pyridine rings is 1. The molecule has 0 saturated carbocycles. The maximum Gasteiger partial charge on any atom is 0.189 e. The maximum absolute atomic E-state index is 5.40. The minimum atomic E-state index is 0.713. The zero-order valence-corrected chi connectivity index (χ0v) is 15.2. The number of anilines is 2. The molecular formula is C17H23N5OS. The van der Waals surface area contributed by atoms with E-state index >= 15 is 0 Å². The van der Waals surface area contributed by atoms with Crippen LogP contribution in [-0.4, -0.2) is 47.5 Å². The molecule has 1 saturated heterocycles. The number of rotatable bonds is 5. The first-order valence-corrected chi connectivity index (χ1v) is 9.30. The molecule has 0 aromatic carbocycles. The van der Waals surface area contributed by atoms with E-state index in [9.17, 15) is 0 Å². The summed E-state index contributed by atoms with van der Waals surface area (Å²) < 4.78 is 5.40. The highest BCUT2D eigenvalue weighted by molar-refractivity contribution is 7.98. The van der Waals surface area contributed by atoms with Gasteiger partial charge in [0.2, 0.25) is 0 Å². The highest BCUT2D eigenvalue weighted by atomic mass is 32.2. The topological polar surface area (TPSA) is 63.2 Å². The van der Waals surface area contributed by atoms with E-state index < -0.39 is 0 Å². The van der Waals surface area contributed by atoms with Crippen molar-refractivity contribution in [3.63, 3.8) is 0 Å². The number of ether oxygens (including phenoxy) is 1. The lowest BCUT2D eigenvalue weighted by Gasteiger charge is -2.28. The monoisotopic (exact) mass is 345 g/mol. The van der Waals surface area contributed by atoms with Crippen molar-refractivity contribution in [3.8, 4) is 0 Å². The van der Waals surface area contributed by atoms with Gasteiger partial charge in [0.1, 0.15) is 11.6 Å². The van der Waals surface area contributed by atoms with Gasteiger partial charge in [0, 0.05) is 37.1 Å². The minimum Gasteiger partial charge on any atom is -0.378 e. The Morgan fingerprint density at radius 1 is 1.25 bits per heavy atom. The van der Waals surface area contributed by atoms with Crippen LogP contribution in [0.3, 0.4) is 0 Å². The van der Waals surface area contributed by atoms with Crippen molar-refractivity contribution in [2.75, 3.05) is 42.8 Å². The second kappa shape index (κ2) is 7.81. The van der Waals surface area contributed by atoms with Crippen LogP contribution in [0.2, 0.25) is 0 Å². The Kier molecular flexibility index (Phi) is 5.52. The Labute approximate surface area is 147 Å². The largest absolute Gasteiger partial charge is 0.378 e. The average Bonchev–Trinajstić information content (AvgIpc) is 2.63. The molecule has 2 aromatic rings. The molecule has 3 rings (SSSR count). The maximum atomic E-state index is 5.40. The number of hydrogen-bond acceptors (Lipinski definition) is 7. The zero-order valence-electron chi connectivity index (χ0n) is 14.4. The normalized spacial score (nSPS) is 14.7. The Hall–Kier alpha value is -1.86. The fourth-order valence-electron chi connectivity index (χ4n) is 2.59. The fourth-order valence-corrected chi connectivity index (χ4v) is 3.00. The quantitative estimate of drug-likeness (QED) is 0.660. The molecule has 3 heterocycles. The third kappa shape index (κ3) is 3.96. The summed E-state index contributed by atoms with van der Waals surface area (Å²) in [5.41, 5.74) is 3.30. The van der Waals surface area contributed by atoms with Gasteiger partial charge in [0.15, 0.2) is 5.16 Å². The second-order valence-electron chi connectivity index (χ2n) is 5.74. The lowest BCUT2D eigenvalue weighted by molar-refractivity contribution is 0.122. The molecule has 0 radical (unpaired) electrons. The van der Waals surface area contributed by atoms with Crippen molar-refractivity contribution in [3.05, 3.63) is 35.2 Å². The van der Waals surface area contributed by atoms with Gasteiger partial charge in [-0.15, -0.1) is 0 Å². The van der Waals surface area contributed by atoms with E-state index in [0.29, 0.717) is 6.54 Å². The summed E-state index contributed by atoms with van der Waals surface area (Å²) in [6, 6.07) is 4.17. The molecule has 1 N–H and O–H groups in total. The number of hydrogen-bond donors (Lipinski definition) is 1. The van der Waals surface area contributed by atoms with Crippen molar-refractivity contribution in [2.45, 2.75) is 25.5 Å². The molecule has 0 atom stereocenters. The number of nitrogens with one attached hydrogen (secondary N) is 1. The molecule has 0 unspecified atom stereocenters. The van der Waals surface area contributed by atoms with E-state index in [1.54, 1.807) is 11.8 Å². The molecule has 1 fully saturated rings. The standard InChI is InChI=1S/C17H23N5OS/c1-12-13(2)20-17(24-3)21-16(12)19-11-14-4-5-18-15(10-14)22-6-8-23-9-7-22/h4-5,10H,6-9,11H2,1-3H3,(H,19,20,21). The molecule has 1 aliphatic rings. The van der Waals surface area contributed by atoms with Gasteiger partial charge in [0.05, 0.1) is 13.2 Å². The van der Waals surface area contributed by atoms with Crippen molar-refractivity contribution in [1.29, 1.82) is 0 Å². The van der Waals surface area contributed by atoms with Crippen LogP contribution in [0.4, 0.5) is 11.6 Å². The van der Waals surface area contributed by atoms with Gasteiger partial charge in [-0.2, -0.15) is 0 Å². The van der Waals surface area contributed by atoms with E-state index in [4.69, 9.17) is 4.74 Å². The van der Waals surface area contributed by atoms with Gasteiger partial charge in [-0.25, -0.2) is 15.0 Å². The van der Waals surface area contributed by atoms with Crippen LogP contribution in [0.15, 0.2) is 23.5 Å². The molecule has 7 heteroatoms. The smallest absolute Gasteiger partial charge is 0.189 e. The van der Waals surface area contributed by atoms with Crippen LogP contribution >= 0.6 is 11.8 Å². The first-order valence-electron chi connectivity index (χ1n) is 8.08. The van der Waals surface area contributed by atoms with Crippen molar-refractivity contribution in [2.24, 2.45) is 0 Å². The predicted octanol–water partition coefficient (Wildman–Crippen LogP) is 2.66. The number of thioether (sulfide) groups is 1. The fraction of sp³-hybridized carbons (Fsp3) is 0.471. The van der Waals surface area contributed by atoms with Crippen molar-refractivity contribution < 1.29 is 4.74 Å². The molecule has 0 aliphatic carbocycles. The zero-order chi connectivity index (χ0) is 16.9. The highest BCUT2D eigenvalue weighted by Crippen LogP contribution is 2.20. The molecular weight excluding hydrogens is 322 g/mol. The Morgan fingerprint density at radius 3 is 2.79 bits per heavy atom. The van der Waals surface area contributed by atoms with E-state index in [1.807, 2.05) is 32.4 Å². The summed E-state index contributed by atoms with van der Waals surface area (Å²) >= 11 is 1.56. The molecule has 128 valence electrons. The van der Waals surface area contributed by atoms with Gasteiger partial charge in [-0.05, 0) is 37.8 Å². The summed E-state index contributed by atoms with van der Waals surface area (Å²) in [5.74, 6) is 1.91. The third-order valence-corrected chi connectivity index (χ3v) is 4.70. The predicted molar refractivity (Wildman–Crippen MR) is 97.9 cm³/mol. The highest BCUT2D eigenvalue weighted by Gasteiger charge is 2.13. The first kappa shape index (κ1) is 17.0. The van der Waals surface area contributed by atoms with Crippen LogP contribution in [0.1, 0.15) is 16.8 Å². The Balaban J connectivity index is 1.72. The molecule has 1 aliphatic heterocycles. The minimum absolute atomic E-state index is 0.713. The van der Waals surface area contributed by atoms with E-state index in [1.165, 1.54) is 5.56 Å². The van der Waals surface area contributed by atoms with Crippen LogP contribution in [0.25, 0.3) is 0 Å². The summed E-state index contributed by atoms with van der Waals surface area (Å²) in [6.45, 7) is 8.10. The van der Waals surface area contributed by atoms with Gasteiger partial charge in [-0.1, -0.05) is 11.8 Å². The van der Waals surface area contributed by atoms with E-state index in [0.717, 1.165) is 54.4 Å². The molecule has 2 aromatic heterocycles. The summed E-state index contributed by atoms with van der Waals surface area (Å²) in [6.07, 6.45) is 3.86. The summed E-state index contributed by atoms with van der Waals surface area (Å²) in [5, 5.41) is 4.24. The van der Waals surface area contributed by atoms with Crippen LogP contribution < -0.4 is 10.2 Å². The number of aromatic nitrogens is 3. The summed E-state index contributed by atoms with van der Waals surface area (Å²) in [4.78, 5) is 15.8. The number of aryl methyl sites for hydroxylation is 1. The van der Waals surface area contributed by atoms with E-state index in [2.05, 4.69) is 31.2 Å². The van der Waals surface area contributed by atoms with Gasteiger partial charge in [0.25, 0.3) is 0 Å². The Morgan fingerprint density at radius 2 is 2.04 bits per heavy atom.